The molecule has 2 rings (SSSR count). The molecular formula is C9H10BrN. The molecule has 1 unspecified atom stereocenters. The molecule has 0 fully saturated rings. The average molecular weight is 212 g/mol. The third-order valence-electron chi connectivity index (χ3n) is 2.17. The highest BCUT2D eigenvalue weighted by atomic mass is 79.9. The summed E-state index contributed by atoms with van der Waals surface area (Å²) in [5.74, 6) is 0. The molecular weight excluding hydrogens is 202 g/mol. The van der Waals surface area contributed by atoms with Crippen LogP contribution in [0.15, 0.2) is 22.7 Å². The van der Waals surface area contributed by atoms with E-state index in [1.165, 1.54) is 15.6 Å². The van der Waals surface area contributed by atoms with Gasteiger partial charge in [0.1, 0.15) is 0 Å². The summed E-state index contributed by atoms with van der Waals surface area (Å²) in [6, 6.07) is 6.98. The Kier molecular flexibility index (Phi) is 1.74. The molecule has 0 amide bonds. The summed E-state index contributed by atoms with van der Waals surface area (Å²) in [4.78, 5) is 0. The van der Waals surface area contributed by atoms with Crippen LogP contribution in [-0.4, -0.2) is 0 Å². The maximum absolute atomic E-state index is 3.46. The van der Waals surface area contributed by atoms with Crippen LogP contribution in [-0.2, 0) is 6.54 Å². The summed E-state index contributed by atoms with van der Waals surface area (Å²) in [7, 11) is 0. The minimum Gasteiger partial charge on any atom is -0.306 e. The van der Waals surface area contributed by atoms with Crippen molar-refractivity contribution < 1.29 is 0 Å². The van der Waals surface area contributed by atoms with Crippen LogP contribution in [0.25, 0.3) is 0 Å². The lowest BCUT2D eigenvalue weighted by atomic mass is 10.1. The first-order valence-electron chi connectivity index (χ1n) is 3.79. The number of fused-ring (bicyclic) bond motifs is 1. The molecule has 58 valence electrons. The highest BCUT2D eigenvalue weighted by molar-refractivity contribution is 9.10. The molecule has 1 atom stereocenters. The standard InChI is InChI=1S/C9H10BrN/c1-6-9-4-8(10)3-2-7(9)5-11-6/h2-4,6,11H,5H2,1H3. The second-order valence-electron chi connectivity index (χ2n) is 2.95. The fourth-order valence-electron chi connectivity index (χ4n) is 1.50. The quantitative estimate of drug-likeness (QED) is 0.696. The van der Waals surface area contributed by atoms with Crippen molar-refractivity contribution >= 4 is 15.9 Å². The SMILES string of the molecule is CC1NCc2ccc(Br)cc21. The lowest BCUT2D eigenvalue weighted by Gasteiger charge is -2.03. The fraction of sp³-hybridized carbons (Fsp3) is 0.333. The van der Waals surface area contributed by atoms with Crippen LogP contribution in [0.3, 0.4) is 0 Å². The molecule has 2 heteroatoms. The summed E-state index contributed by atoms with van der Waals surface area (Å²) >= 11 is 3.46. The van der Waals surface area contributed by atoms with Crippen LogP contribution in [0.5, 0.6) is 0 Å². The van der Waals surface area contributed by atoms with E-state index in [0.29, 0.717) is 6.04 Å². The predicted octanol–water partition coefficient (Wildman–Crippen LogP) is 2.61. The van der Waals surface area contributed by atoms with Crippen molar-refractivity contribution in [2.24, 2.45) is 0 Å². The Morgan fingerprint density at radius 3 is 3.18 bits per heavy atom. The Morgan fingerprint density at radius 2 is 2.36 bits per heavy atom. The molecule has 1 aliphatic rings. The molecule has 11 heavy (non-hydrogen) atoms. The van der Waals surface area contributed by atoms with Gasteiger partial charge in [-0.05, 0) is 30.2 Å². The number of rotatable bonds is 0. The molecule has 0 aliphatic carbocycles. The molecule has 0 aromatic heterocycles. The van der Waals surface area contributed by atoms with E-state index >= 15 is 0 Å². The third-order valence-corrected chi connectivity index (χ3v) is 2.67. The highest BCUT2D eigenvalue weighted by Gasteiger charge is 2.16. The van der Waals surface area contributed by atoms with Crippen molar-refractivity contribution in [3.05, 3.63) is 33.8 Å². The molecule has 1 heterocycles. The first kappa shape index (κ1) is 7.32. The van der Waals surface area contributed by atoms with Gasteiger partial charge in [0.2, 0.25) is 0 Å². The summed E-state index contributed by atoms with van der Waals surface area (Å²) < 4.78 is 1.17. The van der Waals surface area contributed by atoms with Crippen molar-refractivity contribution in [3.8, 4) is 0 Å². The van der Waals surface area contributed by atoms with Gasteiger partial charge in [-0.2, -0.15) is 0 Å². The Balaban J connectivity index is 2.52. The monoisotopic (exact) mass is 211 g/mol. The van der Waals surface area contributed by atoms with Gasteiger partial charge >= 0.3 is 0 Å². The van der Waals surface area contributed by atoms with Crippen LogP contribution in [0.4, 0.5) is 0 Å². The molecule has 1 aromatic rings. The second-order valence-corrected chi connectivity index (χ2v) is 3.86. The molecule has 1 aliphatic heterocycles. The van der Waals surface area contributed by atoms with E-state index in [-0.39, 0.29) is 0 Å². The smallest absolute Gasteiger partial charge is 0.0298 e. The van der Waals surface area contributed by atoms with E-state index in [9.17, 15) is 0 Å². The Morgan fingerprint density at radius 1 is 1.55 bits per heavy atom. The lowest BCUT2D eigenvalue weighted by molar-refractivity contribution is 0.633. The van der Waals surface area contributed by atoms with Gasteiger partial charge in [-0.3, -0.25) is 0 Å². The number of halogens is 1. The summed E-state index contributed by atoms with van der Waals surface area (Å²) in [6.07, 6.45) is 0. The van der Waals surface area contributed by atoms with Crippen molar-refractivity contribution in [2.75, 3.05) is 0 Å². The number of benzene rings is 1. The molecule has 0 radical (unpaired) electrons. The Labute approximate surface area is 74.9 Å². The lowest BCUT2D eigenvalue weighted by Crippen LogP contribution is -2.06. The largest absolute Gasteiger partial charge is 0.306 e. The van der Waals surface area contributed by atoms with E-state index < -0.39 is 0 Å². The average Bonchev–Trinajstić information content (AvgIpc) is 2.33. The topological polar surface area (TPSA) is 12.0 Å². The summed E-state index contributed by atoms with van der Waals surface area (Å²) in [5.41, 5.74) is 2.86. The number of nitrogens with one attached hydrogen (secondary N) is 1. The normalized spacial score (nSPS) is 21.8. The summed E-state index contributed by atoms with van der Waals surface area (Å²) in [6.45, 7) is 3.21. The van der Waals surface area contributed by atoms with Crippen LogP contribution in [0.2, 0.25) is 0 Å². The van der Waals surface area contributed by atoms with Gasteiger partial charge < -0.3 is 5.32 Å². The van der Waals surface area contributed by atoms with Crippen LogP contribution in [0.1, 0.15) is 24.1 Å². The molecule has 0 saturated heterocycles. The second kappa shape index (κ2) is 2.61. The van der Waals surface area contributed by atoms with Gasteiger partial charge in [-0.25, -0.2) is 0 Å². The Hall–Kier alpha value is -0.340. The maximum Gasteiger partial charge on any atom is 0.0298 e. The molecule has 1 N–H and O–H groups in total. The van der Waals surface area contributed by atoms with Gasteiger partial charge in [-0.1, -0.05) is 22.0 Å². The minimum atomic E-state index is 0.516. The first-order valence-corrected chi connectivity index (χ1v) is 4.58. The fourth-order valence-corrected chi connectivity index (χ4v) is 1.88. The zero-order valence-corrected chi connectivity index (χ0v) is 7.98. The van der Waals surface area contributed by atoms with Gasteiger partial charge in [0.25, 0.3) is 0 Å². The van der Waals surface area contributed by atoms with Crippen LogP contribution in [0, 0.1) is 0 Å². The zero-order valence-electron chi connectivity index (χ0n) is 6.39. The Bertz CT molecular complexity index is 283. The minimum absolute atomic E-state index is 0.516. The van der Waals surface area contributed by atoms with Crippen molar-refractivity contribution in [2.45, 2.75) is 19.5 Å². The summed E-state index contributed by atoms with van der Waals surface area (Å²) in [5, 5.41) is 3.39. The molecule has 0 spiro atoms. The van der Waals surface area contributed by atoms with Gasteiger partial charge in [0.05, 0.1) is 0 Å². The van der Waals surface area contributed by atoms with E-state index in [1.807, 2.05) is 0 Å². The van der Waals surface area contributed by atoms with Gasteiger partial charge in [-0.15, -0.1) is 0 Å². The predicted molar refractivity (Wildman–Crippen MR) is 49.4 cm³/mol. The highest BCUT2D eigenvalue weighted by Crippen LogP contribution is 2.27. The van der Waals surface area contributed by atoms with E-state index in [4.69, 9.17) is 0 Å². The maximum atomic E-state index is 3.46. The molecule has 1 nitrogen and oxygen atoms in total. The van der Waals surface area contributed by atoms with E-state index in [2.05, 4.69) is 46.4 Å². The van der Waals surface area contributed by atoms with Crippen molar-refractivity contribution in [1.29, 1.82) is 0 Å². The number of hydrogen-bond acceptors (Lipinski definition) is 1. The van der Waals surface area contributed by atoms with Crippen LogP contribution >= 0.6 is 15.9 Å². The van der Waals surface area contributed by atoms with Gasteiger partial charge in [0, 0.05) is 17.1 Å². The van der Waals surface area contributed by atoms with Crippen molar-refractivity contribution in [3.63, 3.8) is 0 Å². The number of hydrogen-bond donors (Lipinski definition) is 1. The molecule has 0 saturated carbocycles. The van der Waals surface area contributed by atoms with E-state index in [1.54, 1.807) is 0 Å². The van der Waals surface area contributed by atoms with Crippen LogP contribution < -0.4 is 5.32 Å². The first-order chi connectivity index (χ1) is 5.27. The van der Waals surface area contributed by atoms with E-state index in [0.717, 1.165) is 6.54 Å². The van der Waals surface area contributed by atoms with Gasteiger partial charge in [0.15, 0.2) is 0 Å². The zero-order chi connectivity index (χ0) is 7.84. The molecule has 1 aromatic carbocycles. The third kappa shape index (κ3) is 1.21. The van der Waals surface area contributed by atoms with Crippen molar-refractivity contribution in [1.82, 2.24) is 5.32 Å². The molecule has 0 bridgehead atoms.